The lowest BCUT2D eigenvalue weighted by molar-refractivity contribution is -0.131. The fraction of sp³-hybridized carbons (Fsp3) is 0.500. The Balaban J connectivity index is 1.30. The summed E-state index contributed by atoms with van der Waals surface area (Å²) in [5.74, 6) is 0.861. The summed E-state index contributed by atoms with van der Waals surface area (Å²) in [4.78, 5) is 16.5. The topological polar surface area (TPSA) is 85.4 Å². The molecule has 2 heterocycles. The number of ether oxygens (including phenoxy) is 1. The molecule has 0 bridgehead atoms. The number of thiazole rings is 1. The Morgan fingerprint density at radius 1 is 1.33 bits per heavy atom. The van der Waals surface area contributed by atoms with Gasteiger partial charge in [0.05, 0.1) is 21.7 Å². The quantitative estimate of drug-likeness (QED) is 0.891. The van der Waals surface area contributed by atoms with Crippen LogP contribution in [-0.2, 0) is 14.6 Å². The second kappa shape index (κ2) is 6.00. The zero-order valence-corrected chi connectivity index (χ0v) is 14.6. The maximum Gasteiger partial charge on any atom is 0.223 e. The third-order valence-corrected chi connectivity index (χ3v) is 7.22. The fourth-order valence-corrected chi connectivity index (χ4v) is 5.61. The van der Waals surface area contributed by atoms with E-state index in [1.165, 1.54) is 0 Å². The molecular weight excluding hydrogens is 348 g/mol. The van der Waals surface area contributed by atoms with E-state index in [9.17, 15) is 13.2 Å². The van der Waals surface area contributed by atoms with Crippen molar-refractivity contribution < 1.29 is 17.9 Å². The van der Waals surface area contributed by atoms with E-state index < -0.39 is 9.84 Å². The molecule has 2 aromatic rings. The number of para-hydroxylation sites is 1. The molecule has 4 rings (SSSR count). The normalized spacial score (nSPS) is 28.4. The Morgan fingerprint density at radius 3 is 2.92 bits per heavy atom. The van der Waals surface area contributed by atoms with Crippen molar-refractivity contribution in [3.63, 3.8) is 0 Å². The molecule has 0 radical (unpaired) electrons. The van der Waals surface area contributed by atoms with Crippen LogP contribution in [0.4, 0.5) is 0 Å². The molecule has 1 saturated heterocycles. The van der Waals surface area contributed by atoms with Crippen LogP contribution in [0, 0.1) is 5.92 Å². The van der Waals surface area contributed by atoms with Crippen molar-refractivity contribution in [2.24, 2.45) is 5.92 Å². The third-order valence-electron chi connectivity index (χ3n) is 4.66. The zero-order valence-electron chi connectivity index (χ0n) is 13.0. The summed E-state index contributed by atoms with van der Waals surface area (Å²) in [6.07, 6.45) is 1.85. The Kier molecular flexibility index (Phi) is 3.96. The number of nitrogens with one attached hydrogen (secondary N) is 1. The first kappa shape index (κ1) is 15.8. The minimum absolute atomic E-state index is 0.0142. The van der Waals surface area contributed by atoms with Gasteiger partial charge < -0.3 is 10.1 Å². The van der Waals surface area contributed by atoms with Crippen LogP contribution in [0.5, 0.6) is 5.75 Å². The van der Waals surface area contributed by atoms with Crippen molar-refractivity contribution in [3.8, 4) is 5.75 Å². The molecule has 2 aliphatic rings. The van der Waals surface area contributed by atoms with Crippen molar-refractivity contribution in [2.45, 2.75) is 31.4 Å². The van der Waals surface area contributed by atoms with Crippen LogP contribution in [-0.4, -0.2) is 43.0 Å². The summed E-state index contributed by atoms with van der Waals surface area (Å²) < 4.78 is 29.9. The van der Waals surface area contributed by atoms with Gasteiger partial charge in [0, 0.05) is 12.0 Å². The maximum absolute atomic E-state index is 12.2. The number of sulfone groups is 1. The van der Waals surface area contributed by atoms with Gasteiger partial charge in [0.25, 0.3) is 0 Å². The van der Waals surface area contributed by atoms with Crippen molar-refractivity contribution in [3.05, 3.63) is 23.7 Å². The molecule has 1 aromatic carbocycles. The summed E-state index contributed by atoms with van der Waals surface area (Å²) in [6.45, 7) is 0. The average molecular weight is 366 g/mol. The van der Waals surface area contributed by atoms with E-state index in [4.69, 9.17) is 4.74 Å². The molecule has 1 aliphatic carbocycles. The number of hydrogen-bond acceptors (Lipinski definition) is 6. The lowest BCUT2D eigenvalue weighted by Gasteiger charge is -2.34. The number of carbonyl (C=O) groups is 1. The second-order valence-corrected chi connectivity index (χ2v) is 9.59. The highest BCUT2D eigenvalue weighted by Crippen LogP contribution is 2.35. The first-order valence-corrected chi connectivity index (χ1v) is 10.7. The average Bonchev–Trinajstić information content (AvgIpc) is 3.08. The van der Waals surface area contributed by atoms with Crippen molar-refractivity contribution in [1.82, 2.24) is 10.3 Å². The predicted molar refractivity (Wildman–Crippen MR) is 92.0 cm³/mol. The van der Waals surface area contributed by atoms with Crippen LogP contribution in [0.15, 0.2) is 23.7 Å². The molecule has 1 saturated carbocycles. The number of fused-ring (bicyclic) bond motifs is 1. The molecule has 1 unspecified atom stereocenters. The first-order chi connectivity index (χ1) is 11.5. The predicted octanol–water partition coefficient (Wildman–Crippen LogP) is 1.76. The molecule has 1 atom stereocenters. The van der Waals surface area contributed by atoms with E-state index in [2.05, 4.69) is 10.3 Å². The molecule has 24 heavy (non-hydrogen) atoms. The van der Waals surface area contributed by atoms with E-state index in [1.54, 1.807) is 16.8 Å². The van der Waals surface area contributed by atoms with Crippen molar-refractivity contribution in [2.75, 3.05) is 11.5 Å². The monoisotopic (exact) mass is 366 g/mol. The van der Waals surface area contributed by atoms with E-state index in [1.807, 2.05) is 18.2 Å². The molecule has 128 valence electrons. The number of nitrogens with zero attached hydrogens (tertiary/aromatic N) is 1. The van der Waals surface area contributed by atoms with Gasteiger partial charge in [-0.3, -0.25) is 4.79 Å². The smallest absolute Gasteiger partial charge is 0.223 e. The van der Waals surface area contributed by atoms with Gasteiger partial charge in [-0.2, -0.15) is 0 Å². The molecule has 0 spiro atoms. The van der Waals surface area contributed by atoms with Crippen LogP contribution in [0.2, 0.25) is 0 Å². The van der Waals surface area contributed by atoms with Crippen LogP contribution >= 0.6 is 11.3 Å². The highest BCUT2D eigenvalue weighted by Gasteiger charge is 2.38. The summed E-state index contributed by atoms with van der Waals surface area (Å²) in [6, 6.07) is 5.62. The van der Waals surface area contributed by atoms with Gasteiger partial charge in [-0.25, -0.2) is 13.4 Å². The van der Waals surface area contributed by atoms with Crippen molar-refractivity contribution >= 4 is 37.3 Å². The van der Waals surface area contributed by atoms with E-state index in [0.717, 1.165) is 16.0 Å². The molecule has 1 N–H and O–H groups in total. The SMILES string of the molecule is O=C(NC1CCS(=O)(=O)C1)[C@H]1C[C@H](Oc2cccc3scnc23)C1. The maximum atomic E-state index is 12.2. The highest BCUT2D eigenvalue weighted by atomic mass is 32.2. The lowest BCUT2D eigenvalue weighted by atomic mass is 9.81. The van der Waals surface area contributed by atoms with Gasteiger partial charge in [0.15, 0.2) is 9.84 Å². The molecule has 1 aliphatic heterocycles. The summed E-state index contributed by atoms with van der Waals surface area (Å²) >= 11 is 1.57. The molecule has 6 nitrogen and oxygen atoms in total. The van der Waals surface area contributed by atoms with Gasteiger partial charge in [-0.15, -0.1) is 11.3 Å². The summed E-state index contributed by atoms with van der Waals surface area (Å²) in [7, 11) is -2.97. The molecule has 2 fully saturated rings. The summed E-state index contributed by atoms with van der Waals surface area (Å²) in [5.41, 5.74) is 2.66. The number of carbonyl (C=O) groups excluding carboxylic acids is 1. The Bertz CT molecular complexity index is 871. The highest BCUT2D eigenvalue weighted by molar-refractivity contribution is 7.91. The minimum atomic E-state index is -2.97. The van der Waals surface area contributed by atoms with Crippen molar-refractivity contribution in [1.29, 1.82) is 0 Å². The first-order valence-electron chi connectivity index (χ1n) is 8.00. The van der Waals surface area contributed by atoms with Crippen LogP contribution in [0.3, 0.4) is 0 Å². The van der Waals surface area contributed by atoms with E-state index in [0.29, 0.717) is 19.3 Å². The number of aromatic nitrogens is 1. The standard InChI is InChI=1S/C16H18N2O4S2/c19-16(18-11-4-5-24(20,21)8-11)10-6-12(7-10)22-13-2-1-3-14-15(13)17-9-23-14/h1-3,9-12H,4-8H2,(H,18,19)/t10-,11?,12-. The molecule has 1 aromatic heterocycles. The third kappa shape index (κ3) is 3.12. The number of hydrogen-bond donors (Lipinski definition) is 1. The Hall–Kier alpha value is -1.67. The van der Waals surface area contributed by atoms with Gasteiger partial charge in [0.2, 0.25) is 5.91 Å². The van der Waals surface area contributed by atoms with Crippen LogP contribution in [0.1, 0.15) is 19.3 Å². The van der Waals surface area contributed by atoms with Gasteiger partial charge in [-0.1, -0.05) is 6.07 Å². The second-order valence-electron chi connectivity index (χ2n) is 6.47. The van der Waals surface area contributed by atoms with Crippen LogP contribution in [0.25, 0.3) is 10.2 Å². The Labute approximate surface area is 144 Å². The molecule has 1 amide bonds. The number of benzene rings is 1. The summed E-state index contributed by atoms with van der Waals surface area (Å²) in [5, 5.41) is 2.86. The zero-order chi connectivity index (χ0) is 16.7. The number of amides is 1. The van der Waals surface area contributed by atoms with E-state index >= 15 is 0 Å². The molecule has 8 heteroatoms. The van der Waals surface area contributed by atoms with Gasteiger partial charge >= 0.3 is 0 Å². The largest absolute Gasteiger partial charge is 0.488 e. The number of rotatable bonds is 4. The van der Waals surface area contributed by atoms with Crippen LogP contribution < -0.4 is 10.1 Å². The van der Waals surface area contributed by atoms with Gasteiger partial charge in [0.1, 0.15) is 17.4 Å². The Morgan fingerprint density at radius 2 is 2.17 bits per heavy atom. The minimum Gasteiger partial charge on any atom is -0.488 e. The van der Waals surface area contributed by atoms with E-state index in [-0.39, 0.29) is 35.5 Å². The molecular formula is C16H18N2O4S2. The fourth-order valence-electron chi connectivity index (χ4n) is 3.24. The lowest BCUT2D eigenvalue weighted by Crippen LogP contribution is -2.47. The van der Waals surface area contributed by atoms with Gasteiger partial charge in [-0.05, 0) is 31.4 Å².